The van der Waals surface area contributed by atoms with E-state index in [4.69, 9.17) is 14.9 Å². The van der Waals surface area contributed by atoms with Crippen LogP contribution in [0.4, 0.5) is 0 Å². The number of aryl methyl sites for hydroxylation is 1. The normalized spacial score (nSPS) is 20.4. The molecule has 0 bridgehead atoms. The molecule has 18 heavy (non-hydrogen) atoms. The van der Waals surface area contributed by atoms with Crippen molar-refractivity contribution in [3.05, 3.63) is 17.6 Å². The lowest BCUT2D eigenvalue weighted by Gasteiger charge is -2.10. The molecule has 0 aromatic carbocycles. The molecule has 1 fully saturated rings. The molecule has 0 amide bonds. The van der Waals surface area contributed by atoms with Crippen molar-refractivity contribution in [2.45, 2.75) is 37.3 Å². The first-order valence-corrected chi connectivity index (χ1v) is 7.42. The third-order valence-corrected chi connectivity index (χ3v) is 4.47. The molecule has 0 aliphatic carbocycles. The van der Waals surface area contributed by atoms with Gasteiger partial charge in [0.2, 0.25) is 10.0 Å². The zero-order valence-corrected chi connectivity index (χ0v) is 11.1. The SMILES string of the molecule is Cc1oc(CN)cc1S(=O)(=O)NCC1CCCO1. The molecule has 6 nitrogen and oxygen atoms in total. The predicted molar refractivity (Wildman–Crippen MR) is 65.5 cm³/mol. The Morgan fingerprint density at radius 1 is 1.56 bits per heavy atom. The first-order chi connectivity index (χ1) is 8.53. The van der Waals surface area contributed by atoms with Crippen molar-refractivity contribution >= 4 is 10.0 Å². The lowest BCUT2D eigenvalue weighted by molar-refractivity contribution is 0.114. The second kappa shape index (κ2) is 5.40. The topological polar surface area (TPSA) is 94.6 Å². The Kier molecular flexibility index (Phi) is 4.06. The summed E-state index contributed by atoms with van der Waals surface area (Å²) in [5.74, 6) is 0.820. The summed E-state index contributed by atoms with van der Waals surface area (Å²) in [5.41, 5.74) is 5.42. The fourth-order valence-corrected chi connectivity index (χ4v) is 3.24. The molecule has 1 aromatic rings. The molecular formula is C11H18N2O4S. The van der Waals surface area contributed by atoms with E-state index >= 15 is 0 Å². The molecule has 1 aliphatic rings. The number of nitrogens with one attached hydrogen (secondary N) is 1. The Morgan fingerprint density at radius 2 is 2.33 bits per heavy atom. The van der Waals surface area contributed by atoms with E-state index in [1.165, 1.54) is 6.07 Å². The standard InChI is InChI=1S/C11H18N2O4S/c1-8-11(5-10(6-12)17-8)18(14,15)13-7-9-3-2-4-16-9/h5,9,13H,2-4,6-7,12H2,1H3. The van der Waals surface area contributed by atoms with Gasteiger partial charge in [0.15, 0.2) is 0 Å². The fourth-order valence-electron chi connectivity index (χ4n) is 1.98. The predicted octanol–water partition coefficient (Wildman–Crippen LogP) is 0.504. The van der Waals surface area contributed by atoms with Crippen LogP contribution >= 0.6 is 0 Å². The molecule has 0 spiro atoms. The van der Waals surface area contributed by atoms with Crippen molar-refractivity contribution in [1.82, 2.24) is 4.72 Å². The van der Waals surface area contributed by atoms with Crippen LogP contribution in [0.25, 0.3) is 0 Å². The van der Waals surface area contributed by atoms with Gasteiger partial charge in [-0.1, -0.05) is 0 Å². The van der Waals surface area contributed by atoms with Gasteiger partial charge in [-0.15, -0.1) is 0 Å². The first-order valence-electron chi connectivity index (χ1n) is 5.93. The van der Waals surface area contributed by atoms with Crippen LogP contribution in [-0.2, 0) is 21.3 Å². The minimum Gasteiger partial charge on any atom is -0.464 e. The summed E-state index contributed by atoms with van der Waals surface area (Å²) in [5, 5.41) is 0. The lowest BCUT2D eigenvalue weighted by atomic mass is 10.2. The maximum absolute atomic E-state index is 12.1. The van der Waals surface area contributed by atoms with Crippen molar-refractivity contribution in [2.75, 3.05) is 13.2 Å². The molecule has 2 heterocycles. The fraction of sp³-hybridized carbons (Fsp3) is 0.636. The van der Waals surface area contributed by atoms with E-state index in [9.17, 15) is 8.42 Å². The molecular weight excluding hydrogens is 256 g/mol. The van der Waals surface area contributed by atoms with Gasteiger partial charge in [0.1, 0.15) is 16.4 Å². The summed E-state index contributed by atoms with van der Waals surface area (Å²) in [6.45, 7) is 2.79. The van der Waals surface area contributed by atoms with Gasteiger partial charge < -0.3 is 14.9 Å². The van der Waals surface area contributed by atoms with Crippen LogP contribution < -0.4 is 10.5 Å². The van der Waals surface area contributed by atoms with Gasteiger partial charge in [0.25, 0.3) is 0 Å². The van der Waals surface area contributed by atoms with E-state index in [0.717, 1.165) is 12.8 Å². The van der Waals surface area contributed by atoms with Gasteiger partial charge in [-0.3, -0.25) is 0 Å². The maximum atomic E-state index is 12.1. The summed E-state index contributed by atoms with van der Waals surface area (Å²) >= 11 is 0. The number of sulfonamides is 1. The molecule has 1 saturated heterocycles. The van der Waals surface area contributed by atoms with Crippen LogP contribution in [0.5, 0.6) is 0 Å². The molecule has 1 aliphatic heterocycles. The largest absolute Gasteiger partial charge is 0.464 e. The van der Waals surface area contributed by atoms with E-state index in [0.29, 0.717) is 24.7 Å². The van der Waals surface area contributed by atoms with Crippen LogP contribution in [0, 0.1) is 6.92 Å². The highest BCUT2D eigenvalue weighted by atomic mass is 32.2. The van der Waals surface area contributed by atoms with Gasteiger partial charge in [0.05, 0.1) is 12.6 Å². The average Bonchev–Trinajstić information content (AvgIpc) is 2.95. The summed E-state index contributed by atoms with van der Waals surface area (Å²) < 4.78 is 37.3. The Bertz CT molecular complexity index is 503. The van der Waals surface area contributed by atoms with Crippen LogP contribution in [-0.4, -0.2) is 27.7 Å². The Hall–Kier alpha value is -0.890. The van der Waals surface area contributed by atoms with Gasteiger partial charge in [0, 0.05) is 19.2 Å². The van der Waals surface area contributed by atoms with E-state index in [-0.39, 0.29) is 17.5 Å². The summed E-state index contributed by atoms with van der Waals surface area (Å²) in [6.07, 6.45) is 1.84. The van der Waals surface area contributed by atoms with E-state index in [1.54, 1.807) is 6.92 Å². The number of ether oxygens (including phenoxy) is 1. The second-order valence-corrected chi connectivity index (χ2v) is 6.06. The van der Waals surface area contributed by atoms with Gasteiger partial charge in [-0.2, -0.15) is 0 Å². The van der Waals surface area contributed by atoms with Crippen LogP contribution in [0.2, 0.25) is 0 Å². The number of furan rings is 1. The first kappa shape index (κ1) is 13.5. The highest BCUT2D eigenvalue weighted by Crippen LogP contribution is 2.20. The van der Waals surface area contributed by atoms with E-state index in [2.05, 4.69) is 4.72 Å². The second-order valence-electron chi connectivity index (χ2n) is 4.32. The van der Waals surface area contributed by atoms with Gasteiger partial charge >= 0.3 is 0 Å². The zero-order chi connectivity index (χ0) is 13.2. The summed E-state index contributed by atoms with van der Waals surface area (Å²) in [4.78, 5) is 0.154. The van der Waals surface area contributed by atoms with Crippen molar-refractivity contribution in [3.8, 4) is 0 Å². The lowest BCUT2D eigenvalue weighted by Crippen LogP contribution is -2.31. The molecule has 102 valence electrons. The van der Waals surface area contributed by atoms with Crippen molar-refractivity contribution in [3.63, 3.8) is 0 Å². The van der Waals surface area contributed by atoms with Crippen molar-refractivity contribution in [1.29, 1.82) is 0 Å². The average molecular weight is 274 g/mol. The molecule has 0 radical (unpaired) electrons. The van der Waals surface area contributed by atoms with Crippen LogP contribution in [0.3, 0.4) is 0 Å². The van der Waals surface area contributed by atoms with Gasteiger partial charge in [-0.05, 0) is 19.8 Å². The molecule has 2 rings (SSSR count). The smallest absolute Gasteiger partial charge is 0.244 e. The number of nitrogens with two attached hydrogens (primary N) is 1. The van der Waals surface area contributed by atoms with Crippen LogP contribution in [0.1, 0.15) is 24.4 Å². The third kappa shape index (κ3) is 2.92. The molecule has 7 heteroatoms. The Balaban J connectivity index is 2.06. The quantitative estimate of drug-likeness (QED) is 0.815. The Labute approximate surface area is 107 Å². The van der Waals surface area contributed by atoms with E-state index in [1.807, 2.05) is 0 Å². The van der Waals surface area contributed by atoms with E-state index < -0.39 is 10.0 Å². The summed E-state index contributed by atoms with van der Waals surface area (Å²) in [7, 11) is -3.55. The zero-order valence-electron chi connectivity index (χ0n) is 10.3. The van der Waals surface area contributed by atoms with Gasteiger partial charge in [-0.25, -0.2) is 13.1 Å². The third-order valence-electron chi connectivity index (χ3n) is 2.94. The van der Waals surface area contributed by atoms with Crippen molar-refractivity contribution < 1.29 is 17.6 Å². The molecule has 1 atom stereocenters. The van der Waals surface area contributed by atoms with Crippen molar-refractivity contribution in [2.24, 2.45) is 5.73 Å². The molecule has 0 saturated carbocycles. The maximum Gasteiger partial charge on any atom is 0.244 e. The molecule has 1 aromatic heterocycles. The minimum atomic E-state index is -3.55. The summed E-state index contributed by atoms with van der Waals surface area (Å²) in [6, 6.07) is 1.47. The monoisotopic (exact) mass is 274 g/mol. The molecule has 1 unspecified atom stereocenters. The number of hydrogen-bond acceptors (Lipinski definition) is 5. The van der Waals surface area contributed by atoms with Crippen LogP contribution in [0.15, 0.2) is 15.4 Å². The Morgan fingerprint density at radius 3 is 2.89 bits per heavy atom. The highest BCUT2D eigenvalue weighted by molar-refractivity contribution is 7.89. The molecule has 3 N–H and O–H groups in total. The minimum absolute atomic E-state index is 0.0269. The number of rotatable bonds is 5. The highest BCUT2D eigenvalue weighted by Gasteiger charge is 2.23. The number of hydrogen-bond donors (Lipinski definition) is 2.